The Hall–Kier alpha value is -2.86. The van der Waals surface area contributed by atoms with E-state index < -0.39 is 12.0 Å². The van der Waals surface area contributed by atoms with Crippen LogP contribution in [-0.4, -0.2) is 54.3 Å². The number of carboxylic acid groups (broad SMARTS) is 1. The maximum atomic E-state index is 12.6. The first-order valence-corrected chi connectivity index (χ1v) is 8.51. The molecule has 2 aromatic carbocycles. The zero-order valence-electron chi connectivity index (χ0n) is 14.3. The molecule has 26 heavy (non-hydrogen) atoms. The summed E-state index contributed by atoms with van der Waals surface area (Å²) in [5, 5.41) is 9.01. The van der Waals surface area contributed by atoms with Crippen molar-refractivity contribution in [3.8, 4) is 16.9 Å². The fourth-order valence-electron chi connectivity index (χ4n) is 3.02. The van der Waals surface area contributed by atoms with Crippen LogP contribution in [0.5, 0.6) is 5.75 Å². The Balaban J connectivity index is 1.69. The van der Waals surface area contributed by atoms with Gasteiger partial charge in [-0.15, -0.1) is 0 Å². The molecule has 6 nitrogen and oxygen atoms in total. The van der Waals surface area contributed by atoms with Crippen molar-refractivity contribution >= 4 is 11.9 Å². The van der Waals surface area contributed by atoms with Crippen LogP contribution in [0.1, 0.15) is 6.42 Å². The van der Waals surface area contributed by atoms with E-state index in [4.69, 9.17) is 14.6 Å². The third-order valence-electron chi connectivity index (χ3n) is 4.28. The van der Waals surface area contributed by atoms with Gasteiger partial charge in [-0.2, -0.15) is 0 Å². The summed E-state index contributed by atoms with van der Waals surface area (Å²) in [7, 11) is 0. The van der Waals surface area contributed by atoms with Crippen molar-refractivity contribution in [2.45, 2.75) is 12.5 Å². The first-order valence-electron chi connectivity index (χ1n) is 8.51. The van der Waals surface area contributed by atoms with E-state index in [0.717, 1.165) is 11.1 Å². The minimum atomic E-state index is -0.950. The number of ether oxygens (including phenoxy) is 2. The van der Waals surface area contributed by atoms with Crippen molar-refractivity contribution < 1.29 is 24.2 Å². The van der Waals surface area contributed by atoms with Crippen molar-refractivity contribution in [2.75, 3.05) is 26.4 Å². The van der Waals surface area contributed by atoms with Crippen LogP contribution in [0, 0.1) is 0 Å². The molecule has 6 heteroatoms. The van der Waals surface area contributed by atoms with Crippen LogP contribution < -0.4 is 4.74 Å². The van der Waals surface area contributed by atoms with Crippen LogP contribution in [0.3, 0.4) is 0 Å². The van der Waals surface area contributed by atoms with Gasteiger partial charge in [0.05, 0.1) is 25.7 Å². The minimum Gasteiger partial charge on any atom is -0.483 e. The maximum Gasteiger partial charge on any atom is 0.305 e. The lowest BCUT2D eigenvalue weighted by molar-refractivity contribution is -0.147. The quantitative estimate of drug-likeness (QED) is 0.861. The number of rotatable bonds is 6. The summed E-state index contributed by atoms with van der Waals surface area (Å²) in [4.78, 5) is 25.1. The number of benzene rings is 2. The molecule has 0 radical (unpaired) electrons. The third kappa shape index (κ3) is 4.40. The number of hydrogen-bond acceptors (Lipinski definition) is 4. The van der Waals surface area contributed by atoms with E-state index in [1.54, 1.807) is 4.90 Å². The fraction of sp³-hybridized carbons (Fsp3) is 0.300. The van der Waals surface area contributed by atoms with Crippen LogP contribution in [0.4, 0.5) is 0 Å². The summed E-state index contributed by atoms with van der Waals surface area (Å²) in [6.07, 6.45) is -0.133. The minimum absolute atomic E-state index is 0.133. The molecule has 0 aliphatic carbocycles. The normalized spacial score (nSPS) is 16.9. The predicted octanol–water partition coefficient (Wildman–Crippen LogP) is 2.43. The highest BCUT2D eigenvalue weighted by molar-refractivity contribution is 5.80. The smallest absolute Gasteiger partial charge is 0.305 e. The monoisotopic (exact) mass is 355 g/mol. The molecule has 136 valence electrons. The van der Waals surface area contributed by atoms with Crippen molar-refractivity contribution in [3.05, 3.63) is 54.6 Å². The average molecular weight is 355 g/mol. The molecule has 1 fully saturated rings. The van der Waals surface area contributed by atoms with Crippen molar-refractivity contribution in [1.82, 2.24) is 4.90 Å². The maximum absolute atomic E-state index is 12.6. The molecule has 2 aromatic rings. The van der Waals surface area contributed by atoms with Gasteiger partial charge in [-0.05, 0) is 11.6 Å². The SMILES string of the molecule is O=C(O)CC1COCCN1C(=O)COc1ccccc1-c1ccccc1. The van der Waals surface area contributed by atoms with Gasteiger partial charge in [0, 0.05) is 12.1 Å². The molecule has 1 unspecified atom stereocenters. The second-order valence-electron chi connectivity index (χ2n) is 6.06. The number of hydrogen-bond donors (Lipinski definition) is 1. The van der Waals surface area contributed by atoms with Gasteiger partial charge in [0.2, 0.25) is 0 Å². The van der Waals surface area contributed by atoms with E-state index >= 15 is 0 Å². The number of para-hydroxylation sites is 1. The molecule has 1 aliphatic heterocycles. The highest BCUT2D eigenvalue weighted by Gasteiger charge is 2.29. The highest BCUT2D eigenvalue weighted by atomic mass is 16.5. The Kier molecular flexibility index (Phi) is 5.86. The Bertz CT molecular complexity index is 762. The molecule has 1 N–H and O–H groups in total. The molecule has 1 aliphatic rings. The summed E-state index contributed by atoms with van der Waals surface area (Å²) < 4.78 is 11.1. The highest BCUT2D eigenvalue weighted by Crippen LogP contribution is 2.29. The second-order valence-corrected chi connectivity index (χ2v) is 6.06. The molecule has 3 rings (SSSR count). The van der Waals surface area contributed by atoms with E-state index in [9.17, 15) is 9.59 Å². The summed E-state index contributed by atoms with van der Waals surface area (Å²) in [5.74, 6) is -0.564. The van der Waals surface area contributed by atoms with Crippen molar-refractivity contribution in [3.63, 3.8) is 0 Å². The Labute approximate surface area is 152 Å². The van der Waals surface area contributed by atoms with Gasteiger partial charge in [-0.25, -0.2) is 0 Å². The van der Waals surface area contributed by atoms with E-state index in [1.807, 2.05) is 54.6 Å². The molecule has 0 spiro atoms. The molecule has 0 aromatic heterocycles. The van der Waals surface area contributed by atoms with E-state index in [2.05, 4.69) is 0 Å². The lowest BCUT2D eigenvalue weighted by Crippen LogP contribution is -2.51. The zero-order chi connectivity index (χ0) is 18.4. The largest absolute Gasteiger partial charge is 0.483 e. The van der Waals surface area contributed by atoms with E-state index in [1.165, 1.54) is 0 Å². The molecule has 1 atom stereocenters. The average Bonchev–Trinajstić information content (AvgIpc) is 2.67. The molecule has 1 amide bonds. The molecule has 1 saturated heterocycles. The lowest BCUT2D eigenvalue weighted by atomic mass is 10.1. The predicted molar refractivity (Wildman–Crippen MR) is 95.9 cm³/mol. The van der Waals surface area contributed by atoms with Gasteiger partial charge in [0.15, 0.2) is 6.61 Å². The third-order valence-corrected chi connectivity index (χ3v) is 4.28. The fourth-order valence-corrected chi connectivity index (χ4v) is 3.02. The second kappa shape index (κ2) is 8.49. The molecule has 1 heterocycles. The van der Waals surface area contributed by atoms with Gasteiger partial charge in [0.25, 0.3) is 5.91 Å². The molecular weight excluding hydrogens is 334 g/mol. The van der Waals surface area contributed by atoms with Gasteiger partial charge in [-0.3, -0.25) is 9.59 Å². The van der Waals surface area contributed by atoms with Crippen LogP contribution in [0.2, 0.25) is 0 Å². The Morgan fingerprint density at radius 1 is 1.12 bits per heavy atom. The zero-order valence-corrected chi connectivity index (χ0v) is 14.3. The van der Waals surface area contributed by atoms with Crippen LogP contribution >= 0.6 is 0 Å². The first-order chi connectivity index (χ1) is 12.6. The van der Waals surface area contributed by atoms with Crippen LogP contribution in [-0.2, 0) is 14.3 Å². The van der Waals surface area contributed by atoms with Gasteiger partial charge < -0.3 is 19.5 Å². The number of carbonyl (C=O) groups is 2. The van der Waals surface area contributed by atoms with Gasteiger partial charge in [-0.1, -0.05) is 48.5 Å². The van der Waals surface area contributed by atoms with Crippen molar-refractivity contribution in [1.29, 1.82) is 0 Å². The standard InChI is InChI=1S/C20H21NO5/c22-19(21-10-11-25-13-16(21)12-20(23)24)14-26-18-9-5-4-8-17(18)15-6-2-1-3-7-15/h1-9,16H,10-14H2,(H,23,24). The van der Waals surface area contributed by atoms with E-state index in [-0.39, 0.29) is 25.5 Å². The number of carbonyl (C=O) groups excluding carboxylic acids is 1. The van der Waals surface area contributed by atoms with Crippen LogP contribution in [0.15, 0.2) is 54.6 Å². The summed E-state index contributed by atoms with van der Waals surface area (Å²) in [6, 6.07) is 16.9. The van der Waals surface area contributed by atoms with Crippen LogP contribution in [0.25, 0.3) is 11.1 Å². The van der Waals surface area contributed by atoms with Gasteiger partial charge in [0.1, 0.15) is 5.75 Å². The summed E-state index contributed by atoms with van der Waals surface area (Å²) in [5.41, 5.74) is 1.91. The summed E-state index contributed by atoms with van der Waals surface area (Å²) >= 11 is 0. The Morgan fingerprint density at radius 2 is 1.85 bits per heavy atom. The van der Waals surface area contributed by atoms with Gasteiger partial charge >= 0.3 is 5.97 Å². The number of nitrogens with zero attached hydrogens (tertiary/aromatic N) is 1. The topological polar surface area (TPSA) is 76.1 Å². The van der Waals surface area contributed by atoms with Crippen molar-refractivity contribution in [2.24, 2.45) is 0 Å². The number of amides is 1. The summed E-state index contributed by atoms with van der Waals surface area (Å²) in [6.45, 7) is 0.877. The Morgan fingerprint density at radius 3 is 2.62 bits per heavy atom. The number of aliphatic carboxylic acids is 1. The molecule has 0 bridgehead atoms. The van der Waals surface area contributed by atoms with E-state index in [0.29, 0.717) is 18.9 Å². The first kappa shape index (κ1) is 17.9. The number of carboxylic acids is 1. The molecular formula is C20H21NO5. The number of morpholine rings is 1. The lowest BCUT2D eigenvalue weighted by Gasteiger charge is -2.34. The molecule has 0 saturated carbocycles.